The molecule has 1 unspecified atom stereocenters. The first-order valence-electron chi connectivity index (χ1n) is 8.04. The molecule has 2 aromatic carbocycles. The SMILES string of the molecule is CC(C)(C)C(=O)NC1=C(c2ccccc2)NC(c2ccccc2)O1. The van der Waals surface area contributed by atoms with E-state index in [0.717, 1.165) is 16.8 Å². The molecule has 4 nitrogen and oxygen atoms in total. The van der Waals surface area contributed by atoms with Gasteiger partial charge in [0.2, 0.25) is 11.8 Å². The predicted octanol–water partition coefficient (Wildman–Crippen LogP) is 3.79. The second kappa shape index (κ2) is 6.40. The van der Waals surface area contributed by atoms with Gasteiger partial charge in [0.25, 0.3) is 0 Å². The Kier molecular flexibility index (Phi) is 4.30. The average molecular weight is 322 g/mol. The maximum Gasteiger partial charge on any atom is 0.232 e. The average Bonchev–Trinajstić information content (AvgIpc) is 2.99. The Balaban J connectivity index is 1.91. The van der Waals surface area contributed by atoms with Gasteiger partial charge in [0.1, 0.15) is 5.70 Å². The molecule has 0 fully saturated rings. The molecular weight excluding hydrogens is 300 g/mol. The van der Waals surface area contributed by atoms with Gasteiger partial charge >= 0.3 is 0 Å². The Morgan fingerprint density at radius 1 is 1.00 bits per heavy atom. The molecule has 124 valence electrons. The molecule has 1 heterocycles. The number of amides is 1. The van der Waals surface area contributed by atoms with Crippen LogP contribution in [-0.4, -0.2) is 5.91 Å². The molecule has 3 rings (SSSR count). The maximum absolute atomic E-state index is 12.4. The van der Waals surface area contributed by atoms with Gasteiger partial charge in [-0.3, -0.25) is 10.1 Å². The molecule has 0 saturated carbocycles. The van der Waals surface area contributed by atoms with Crippen molar-refractivity contribution in [2.75, 3.05) is 0 Å². The van der Waals surface area contributed by atoms with E-state index in [-0.39, 0.29) is 12.1 Å². The van der Waals surface area contributed by atoms with Crippen LogP contribution in [0.15, 0.2) is 66.5 Å². The fraction of sp³-hybridized carbons (Fsp3) is 0.250. The highest BCUT2D eigenvalue weighted by Crippen LogP contribution is 2.31. The van der Waals surface area contributed by atoms with Crippen molar-refractivity contribution >= 4 is 11.6 Å². The first-order chi connectivity index (χ1) is 11.4. The molecule has 2 aromatic rings. The minimum atomic E-state index is -0.497. The fourth-order valence-electron chi connectivity index (χ4n) is 2.38. The zero-order chi connectivity index (χ0) is 17.2. The smallest absolute Gasteiger partial charge is 0.232 e. The Hall–Kier alpha value is -2.75. The summed E-state index contributed by atoms with van der Waals surface area (Å²) in [6.45, 7) is 5.63. The molecule has 0 aromatic heterocycles. The van der Waals surface area contributed by atoms with E-state index in [9.17, 15) is 4.79 Å². The summed E-state index contributed by atoms with van der Waals surface area (Å²) >= 11 is 0. The Morgan fingerprint density at radius 2 is 1.58 bits per heavy atom. The molecule has 1 aliphatic rings. The lowest BCUT2D eigenvalue weighted by molar-refractivity contribution is -0.128. The van der Waals surface area contributed by atoms with Gasteiger partial charge in [0.15, 0.2) is 6.23 Å². The van der Waals surface area contributed by atoms with E-state index < -0.39 is 5.41 Å². The Morgan fingerprint density at radius 3 is 2.17 bits per heavy atom. The number of ether oxygens (including phenoxy) is 1. The van der Waals surface area contributed by atoms with Crippen LogP contribution in [0.1, 0.15) is 38.1 Å². The highest BCUT2D eigenvalue weighted by Gasteiger charge is 2.31. The highest BCUT2D eigenvalue weighted by molar-refractivity contribution is 5.84. The summed E-state index contributed by atoms with van der Waals surface area (Å²) < 4.78 is 6.02. The van der Waals surface area contributed by atoms with E-state index in [0.29, 0.717) is 5.88 Å². The van der Waals surface area contributed by atoms with Crippen molar-refractivity contribution in [2.45, 2.75) is 27.0 Å². The van der Waals surface area contributed by atoms with E-state index in [1.54, 1.807) is 0 Å². The molecule has 24 heavy (non-hydrogen) atoms. The predicted molar refractivity (Wildman–Crippen MR) is 94.4 cm³/mol. The van der Waals surface area contributed by atoms with Gasteiger partial charge < -0.3 is 10.1 Å². The van der Waals surface area contributed by atoms with Crippen LogP contribution in [0.4, 0.5) is 0 Å². The number of carbonyl (C=O) groups excluding carboxylic acids is 1. The summed E-state index contributed by atoms with van der Waals surface area (Å²) in [6, 6.07) is 19.7. The first-order valence-corrected chi connectivity index (χ1v) is 8.04. The van der Waals surface area contributed by atoms with Crippen LogP contribution in [0.2, 0.25) is 0 Å². The van der Waals surface area contributed by atoms with Gasteiger partial charge in [-0.15, -0.1) is 0 Å². The summed E-state index contributed by atoms with van der Waals surface area (Å²) in [5.41, 5.74) is 2.27. The number of rotatable bonds is 3. The molecule has 2 N–H and O–H groups in total. The summed E-state index contributed by atoms with van der Waals surface area (Å²) in [6.07, 6.45) is -0.323. The van der Waals surface area contributed by atoms with Crippen molar-refractivity contribution in [3.8, 4) is 0 Å². The minimum Gasteiger partial charge on any atom is -0.449 e. The fourth-order valence-corrected chi connectivity index (χ4v) is 2.38. The topological polar surface area (TPSA) is 50.4 Å². The number of nitrogens with one attached hydrogen (secondary N) is 2. The lowest BCUT2D eigenvalue weighted by Gasteiger charge is -2.19. The van der Waals surface area contributed by atoms with Gasteiger partial charge in [0.05, 0.1) is 0 Å². The lowest BCUT2D eigenvalue weighted by Crippen LogP contribution is -2.34. The normalized spacial score (nSPS) is 17.2. The van der Waals surface area contributed by atoms with E-state index in [2.05, 4.69) is 10.6 Å². The molecule has 0 radical (unpaired) electrons. The third-order valence-corrected chi connectivity index (χ3v) is 3.81. The zero-order valence-electron chi connectivity index (χ0n) is 14.2. The van der Waals surface area contributed by atoms with Gasteiger partial charge in [-0.2, -0.15) is 0 Å². The van der Waals surface area contributed by atoms with Crippen molar-refractivity contribution in [1.29, 1.82) is 0 Å². The second-order valence-corrected chi connectivity index (χ2v) is 6.83. The van der Waals surface area contributed by atoms with Gasteiger partial charge in [0, 0.05) is 16.5 Å². The van der Waals surface area contributed by atoms with Crippen LogP contribution in [0.25, 0.3) is 5.70 Å². The van der Waals surface area contributed by atoms with Crippen molar-refractivity contribution in [3.63, 3.8) is 0 Å². The second-order valence-electron chi connectivity index (χ2n) is 6.83. The molecular formula is C20H22N2O2. The summed E-state index contributed by atoms with van der Waals surface area (Å²) in [5, 5.41) is 6.30. The number of hydrogen-bond donors (Lipinski definition) is 2. The molecule has 1 amide bonds. The third kappa shape index (κ3) is 3.43. The largest absolute Gasteiger partial charge is 0.449 e. The van der Waals surface area contributed by atoms with Crippen LogP contribution in [-0.2, 0) is 9.53 Å². The lowest BCUT2D eigenvalue weighted by atomic mass is 9.96. The van der Waals surface area contributed by atoms with Crippen LogP contribution >= 0.6 is 0 Å². The minimum absolute atomic E-state index is 0.0820. The van der Waals surface area contributed by atoms with Crippen LogP contribution < -0.4 is 10.6 Å². The van der Waals surface area contributed by atoms with Crippen molar-refractivity contribution in [1.82, 2.24) is 10.6 Å². The van der Waals surface area contributed by atoms with Gasteiger partial charge in [-0.25, -0.2) is 0 Å². The molecule has 0 bridgehead atoms. The number of carbonyl (C=O) groups is 1. The van der Waals surface area contributed by atoms with E-state index >= 15 is 0 Å². The number of benzene rings is 2. The first kappa shape index (κ1) is 16.1. The number of hydrogen-bond acceptors (Lipinski definition) is 3. The van der Waals surface area contributed by atoms with E-state index in [4.69, 9.17) is 4.74 Å². The highest BCUT2D eigenvalue weighted by atomic mass is 16.5. The van der Waals surface area contributed by atoms with E-state index in [1.807, 2.05) is 81.4 Å². The van der Waals surface area contributed by atoms with Gasteiger partial charge in [-0.1, -0.05) is 81.4 Å². The molecule has 0 aliphatic carbocycles. The van der Waals surface area contributed by atoms with Crippen molar-refractivity contribution < 1.29 is 9.53 Å². The standard InChI is InChI=1S/C20H22N2O2/c1-20(2,3)19(23)22-18-16(14-10-6-4-7-11-14)21-17(24-18)15-12-8-5-9-13-15/h4-13,17,21H,1-3H3,(H,22,23). The summed E-state index contributed by atoms with van der Waals surface area (Å²) in [7, 11) is 0. The van der Waals surface area contributed by atoms with Crippen LogP contribution in [0.5, 0.6) is 0 Å². The van der Waals surface area contributed by atoms with Crippen LogP contribution in [0.3, 0.4) is 0 Å². The molecule has 1 aliphatic heterocycles. The monoisotopic (exact) mass is 322 g/mol. The summed E-state index contributed by atoms with van der Waals surface area (Å²) in [5.74, 6) is 0.386. The maximum atomic E-state index is 12.4. The zero-order valence-corrected chi connectivity index (χ0v) is 14.2. The molecule has 4 heteroatoms. The van der Waals surface area contributed by atoms with Crippen molar-refractivity contribution in [3.05, 3.63) is 77.7 Å². The molecule has 0 spiro atoms. The third-order valence-electron chi connectivity index (χ3n) is 3.81. The molecule has 1 atom stereocenters. The van der Waals surface area contributed by atoms with Crippen molar-refractivity contribution in [2.24, 2.45) is 5.41 Å². The Bertz CT molecular complexity index is 746. The van der Waals surface area contributed by atoms with Crippen LogP contribution in [0, 0.1) is 5.41 Å². The van der Waals surface area contributed by atoms with Gasteiger partial charge in [-0.05, 0) is 0 Å². The van der Waals surface area contributed by atoms with E-state index in [1.165, 1.54) is 0 Å². The Labute approximate surface area is 142 Å². The summed E-state index contributed by atoms with van der Waals surface area (Å²) in [4.78, 5) is 12.4. The molecule has 0 saturated heterocycles. The quantitative estimate of drug-likeness (QED) is 0.904.